The van der Waals surface area contributed by atoms with Crippen molar-refractivity contribution in [1.82, 2.24) is 5.32 Å². The minimum Gasteiger partial charge on any atom is -0.409 e. The third kappa shape index (κ3) is 3.81. The van der Waals surface area contributed by atoms with Gasteiger partial charge in [0.15, 0.2) is 5.84 Å². The van der Waals surface area contributed by atoms with E-state index in [2.05, 4.69) is 10.5 Å². The highest BCUT2D eigenvalue weighted by atomic mass is 16.5. The summed E-state index contributed by atoms with van der Waals surface area (Å²) in [6.07, 6.45) is 0.736. The van der Waals surface area contributed by atoms with Crippen LogP contribution in [0.25, 0.3) is 0 Å². The molecule has 7 heteroatoms. The number of hydrogen-bond donors (Lipinski definition) is 3. The van der Waals surface area contributed by atoms with Gasteiger partial charge in [-0.1, -0.05) is 19.0 Å². The van der Waals surface area contributed by atoms with Crippen LogP contribution in [-0.2, 0) is 14.3 Å². The largest absolute Gasteiger partial charge is 0.409 e. The second-order valence-corrected chi connectivity index (χ2v) is 5.15. The van der Waals surface area contributed by atoms with Crippen molar-refractivity contribution in [2.75, 3.05) is 26.9 Å². The van der Waals surface area contributed by atoms with Gasteiger partial charge in [0.1, 0.15) is 11.5 Å². The number of nitrogens with zero attached hydrogens (tertiary/aromatic N) is 1. The van der Waals surface area contributed by atoms with Gasteiger partial charge in [-0.15, -0.1) is 0 Å². The fourth-order valence-electron chi connectivity index (χ4n) is 2.16. The molecule has 1 fully saturated rings. The number of ether oxygens (including phenoxy) is 2. The summed E-state index contributed by atoms with van der Waals surface area (Å²) in [5.41, 5.74) is 5.08. The van der Waals surface area contributed by atoms with E-state index < -0.39 is 11.5 Å². The van der Waals surface area contributed by atoms with Crippen molar-refractivity contribution < 1.29 is 19.5 Å². The first-order valence-corrected chi connectivity index (χ1v) is 6.34. The number of carbonyl (C=O) groups excluding carboxylic acids is 1. The molecule has 110 valence electrons. The number of amides is 1. The smallest absolute Gasteiger partial charge is 0.231 e. The molecule has 0 aromatic carbocycles. The Bertz CT molecular complexity index is 338. The number of amidine groups is 1. The standard InChI is InChI=1S/C12H23N3O4/c1-8(2)9(10(13)15-17)11(16)14-6-12(18-3)4-5-19-7-12/h8-9,17H,4-7H2,1-3H3,(H2,13,15)(H,14,16). The van der Waals surface area contributed by atoms with Crippen LogP contribution in [0.4, 0.5) is 0 Å². The number of methoxy groups -OCH3 is 1. The topological polar surface area (TPSA) is 106 Å². The summed E-state index contributed by atoms with van der Waals surface area (Å²) >= 11 is 0. The molecule has 1 aliphatic rings. The normalized spacial score (nSPS) is 25.6. The highest BCUT2D eigenvalue weighted by molar-refractivity contribution is 6.02. The molecule has 0 saturated carbocycles. The number of rotatable bonds is 6. The maximum Gasteiger partial charge on any atom is 0.231 e. The van der Waals surface area contributed by atoms with Crippen LogP contribution in [0.3, 0.4) is 0 Å². The van der Waals surface area contributed by atoms with Gasteiger partial charge >= 0.3 is 0 Å². The number of oxime groups is 1. The Labute approximate surface area is 113 Å². The quantitative estimate of drug-likeness (QED) is 0.272. The van der Waals surface area contributed by atoms with Gasteiger partial charge in [0.2, 0.25) is 5.91 Å². The van der Waals surface area contributed by atoms with Gasteiger partial charge in [-0.3, -0.25) is 4.79 Å². The highest BCUT2D eigenvalue weighted by Crippen LogP contribution is 2.22. The van der Waals surface area contributed by atoms with Crippen molar-refractivity contribution >= 4 is 11.7 Å². The van der Waals surface area contributed by atoms with Crippen molar-refractivity contribution in [3.8, 4) is 0 Å². The predicted molar refractivity (Wildman–Crippen MR) is 69.9 cm³/mol. The third-order valence-electron chi connectivity index (χ3n) is 3.47. The van der Waals surface area contributed by atoms with Crippen LogP contribution < -0.4 is 11.1 Å². The molecule has 2 unspecified atom stereocenters. The van der Waals surface area contributed by atoms with Crippen LogP contribution in [0.5, 0.6) is 0 Å². The zero-order valence-corrected chi connectivity index (χ0v) is 11.7. The molecule has 1 aliphatic heterocycles. The van der Waals surface area contributed by atoms with Crippen molar-refractivity contribution in [2.45, 2.75) is 25.9 Å². The second-order valence-electron chi connectivity index (χ2n) is 5.15. The Kier molecular flexibility index (Phi) is 5.56. The Morgan fingerprint density at radius 2 is 2.32 bits per heavy atom. The summed E-state index contributed by atoms with van der Waals surface area (Å²) in [6, 6.07) is 0. The molecule has 0 aromatic heterocycles. The second kappa shape index (κ2) is 6.72. The lowest BCUT2D eigenvalue weighted by Gasteiger charge is -2.27. The maximum atomic E-state index is 12.1. The summed E-state index contributed by atoms with van der Waals surface area (Å²) in [5, 5.41) is 14.4. The van der Waals surface area contributed by atoms with E-state index in [1.165, 1.54) is 0 Å². The molecule has 19 heavy (non-hydrogen) atoms. The average Bonchev–Trinajstić information content (AvgIpc) is 2.85. The first kappa shape index (κ1) is 15.7. The van der Waals surface area contributed by atoms with Gasteiger partial charge in [0.05, 0.1) is 6.61 Å². The summed E-state index contributed by atoms with van der Waals surface area (Å²) in [6.45, 7) is 5.11. The van der Waals surface area contributed by atoms with Crippen molar-refractivity contribution in [2.24, 2.45) is 22.7 Å². The molecule has 1 amide bonds. The third-order valence-corrected chi connectivity index (χ3v) is 3.47. The number of carbonyl (C=O) groups is 1. The molecule has 7 nitrogen and oxygen atoms in total. The lowest BCUT2D eigenvalue weighted by atomic mass is 9.93. The van der Waals surface area contributed by atoms with E-state index in [1.807, 2.05) is 13.8 Å². The number of hydrogen-bond acceptors (Lipinski definition) is 5. The molecule has 1 saturated heterocycles. The van der Waals surface area contributed by atoms with Crippen LogP contribution in [-0.4, -0.2) is 49.4 Å². The highest BCUT2D eigenvalue weighted by Gasteiger charge is 2.36. The zero-order chi connectivity index (χ0) is 14.5. The van der Waals surface area contributed by atoms with E-state index in [0.29, 0.717) is 19.8 Å². The van der Waals surface area contributed by atoms with Gasteiger partial charge in [0, 0.05) is 26.7 Å². The monoisotopic (exact) mass is 273 g/mol. The maximum absolute atomic E-state index is 12.1. The fourth-order valence-corrected chi connectivity index (χ4v) is 2.16. The van der Waals surface area contributed by atoms with Crippen LogP contribution in [0, 0.1) is 11.8 Å². The van der Waals surface area contributed by atoms with E-state index in [0.717, 1.165) is 6.42 Å². The summed E-state index contributed by atoms with van der Waals surface area (Å²) in [5.74, 6) is -1.06. The Morgan fingerprint density at radius 1 is 1.63 bits per heavy atom. The van der Waals surface area contributed by atoms with E-state index in [-0.39, 0.29) is 17.7 Å². The van der Waals surface area contributed by atoms with E-state index in [4.69, 9.17) is 20.4 Å². The van der Waals surface area contributed by atoms with Gasteiger partial charge in [-0.2, -0.15) is 0 Å². The molecule has 4 N–H and O–H groups in total. The van der Waals surface area contributed by atoms with E-state index in [9.17, 15) is 4.79 Å². The first-order valence-electron chi connectivity index (χ1n) is 6.34. The molecule has 1 heterocycles. The summed E-state index contributed by atoms with van der Waals surface area (Å²) in [7, 11) is 1.60. The molecule has 1 rings (SSSR count). The van der Waals surface area contributed by atoms with Crippen molar-refractivity contribution in [1.29, 1.82) is 0 Å². The molecule has 0 radical (unpaired) electrons. The molecule has 2 atom stereocenters. The Morgan fingerprint density at radius 3 is 2.74 bits per heavy atom. The molecule has 0 aromatic rings. The van der Waals surface area contributed by atoms with Crippen LogP contribution in [0.1, 0.15) is 20.3 Å². The van der Waals surface area contributed by atoms with Crippen LogP contribution in [0.15, 0.2) is 5.16 Å². The minimum absolute atomic E-state index is 0.0609. The molecule has 0 spiro atoms. The van der Waals surface area contributed by atoms with Gasteiger partial charge in [-0.25, -0.2) is 0 Å². The first-order chi connectivity index (χ1) is 8.95. The lowest BCUT2D eigenvalue weighted by Crippen LogP contribution is -2.49. The predicted octanol–water partition coefficient (Wildman–Crippen LogP) is -0.0733. The Balaban J connectivity index is 2.62. The SMILES string of the molecule is COC1(CNC(=O)C(C(N)=NO)C(C)C)CCOC1. The number of nitrogens with two attached hydrogens (primary N) is 1. The van der Waals surface area contributed by atoms with Gasteiger partial charge in [0.25, 0.3) is 0 Å². The summed E-state index contributed by atoms with van der Waals surface area (Å²) < 4.78 is 10.7. The lowest BCUT2D eigenvalue weighted by molar-refractivity contribution is -0.125. The minimum atomic E-state index is -0.652. The zero-order valence-electron chi connectivity index (χ0n) is 11.7. The average molecular weight is 273 g/mol. The van der Waals surface area contributed by atoms with E-state index >= 15 is 0 Å². The van der Waals surface area contributed by atoms with Crippen molar-refractivity contribution in [3.05, 3.63) is 0 Å². The van der Waals surface area contributed by atoms with Crippen LogP contribution in [0.2, 0.25) is 0 Å². The van der Waals surface area contributed by atoms with Gasteiger partial charge in [-0.05, 0) is 5.92 Å². The molecule has 0 aliphatic carbocycles. The van der Waals surface area contributed by atoms with Gasteiger partial charge < -0.3 is 25.7 Å². The van der Waals surface area contributed by atoms with Crippen molar-refractivity contribution in [3.63, 3.8) is 0 Å². The molecular weight excluding hydrogens is 250 g/mol. The fraction of sp³-hybridized carbons (Fsp3) is 0.833. The van der Waals surface area contributed by atoms with E-state index in [1.54, 1.807) is 7.11 Å². The Hall–Kier alpha value is -1.34. The number of nitrogens with one attached hydrogen (secondary N) is 1. The summed E-state index contributed by atoms with van der Waals surface area (Å²) in [4.78, 5) is 12.1. The molecule has 0 bridgehead atoms. The molecular formula is C12H23N3O4. The van der Waals surface area contributed by atoms with Crippen LogP contribution >= 0.6 is 0 Å².